The summed E-state index contributed by atoms with van der Waals surface area (Å²) in [6.07, 6.45) is 0. The molecule has 0 aliphatic carbocycles. The van der Waals surface area contributed by atoms with Gasteiger partial charge in [0.2, 0.25) is 0 Å². The standard InChI is InChI=1S/C14H22N4O2S/c1-19-13-4-2-3-12(11-13)16-17-14(21)15-5-6-18-7-9-20-10-8-18/h2-4,11,16H,5-10H2,1H3,(H2,15,17,21). The first kappa shape index (κ1) is 15.8. The average molecular weight is 310 g/mol. The number of anilines is 1. The molecule has 0 amide bonds. The molecule has 0 atom stereocenters. The minimum atomic E-state index is 0.575. The van der Waals surface area contributed by atoms with Crippen molar-refractivity contribution < 1.29 is 9.47 Å². The van der Waals surface area contributed by atoms with Crippen molar-refractivity contribution in [2.75, 3.05) is 51.9 Å². The van der Waals surface area contributed by atoms with Gasteiger partial charge in [-0.15, -0.1) is 0 Å². The maximum Gasteiger partial charge on any atom is 0.185 e. The zero-order valence-electron chi connectivity index (χ0n) is 12.2. The highest BCUT2D eigenvalue weighted by Crippen LogP contribution is 2.15. The van der Waals surface area contributed by atoms with Crippen molar-refractivity contribution in [2.24, 2.45) is 0 Å². The van der Waals surface area contributed by atoms with Crippen molar-refractivity contribution in [2.45, 2.75) is 0 Å². The Morgan fingerprint density at radius 2 is 2.19 bits per heavy atom. The normalized spacial score (nSPS) is 15.3. The number of hydrogen-bond donors (Lipinski definition) is 3. The maximum atomic E-state index is 5.31. The van der Waals surface area contributed by atoms with Crippen LogP contribution in [0.15, 0.2) is 24.3 Å². The minimum Gasteiger partial charge on any atom is -0.497 e. The fraction of sp³-hybridized carbons (Fsp3) is 0.500. The van der Waals surface area contributed by atoms with Crippen LogP contribution in [0.4, 0.5) is 5.69 Å². The van der Waals surface area contributed by atoms with Crippen molar-refractivity contribution in [3.05, 3.63) is 24.3 Å². The Morgan fingerprint density at radius 1 is 1.38 bits per heavy atom. The molecule has 2 rings (SSSR count). The highest BCUT2D eigenvalue weighted by molar-refractivity contribution is 7.80. The molecule has 1 aromatic rings. The van der Waals surface area contributed by atoms with E-state index in [0.29, 0.717) is 5.11 Å². The zero-order chi connectivity index (χ0) is 14.9. The second-order valence-corrected chi connectivity index (χ2v) is 5.10. The summed E-state index contributed by atoms with van der Waals surface area (Å²) in [7, 11) is 1.64. The molecule has 1 aliphatic rings. The predicted octanol–water partition coefficient (Wildman–Crippen LogP) is 0.818. The van der Waals surface area contributed by atoms with Crippen LogP contribution in [0, 0.1) is 0 Å². The predicted molar refractivity (Wildman–Crippen MR) is 87.6 cm³/mol. The molecule has 6 nitrogen and oxygen atoms in total. The summed E-state index contributed by atoms with van der Waals surface area (Å²) in [4.78, 5) is 2.36. The largest absolute Gasteiger partial charge is 0.497 e. The smallest absolute Gasteiger partial charge is 0.185 e. The summed E-state index contributed by atoms with van der Waals surface area (Å²) in [5.41, 5.74) is 6.89. The number of morpholine rings is 1. The number of nitrogens with zero attached hydrogens (tertiary/aromatic N) is 1. The first-order chi connectivity index (χ1) is 10.3. The van der Waals surface area contributed by atoms with E-state index in [-0.39, 0.29) is 0 Å². The number of thiocarbonyl (C=S) groups is 1. The summed E-state index contributed by atoms with van der Waals surface area (Å²) in [5, 5.41) is 3.75. The number of rotatable bonds is 6. The molecular weight excluding hydrogens is 288 g/mol. The average Bonchev–Trinajstić information content (AvgIpc) is 2.54. The second kappa shape index (κ2) is 8.66. The summed E-state index contributed by atoms with van der Waals surface area (Å²) < 4.78 is 10.5. The maximum absolute atomic E-state index is 5.31. The molecule has 116 valence electrons. The fourth-order valence-electron chi connectivity index (χ4n) is 2.03. The summed E-state index contributed by atoms with van der Waals surface area (Å²) >= 11 is 5.22. The summed E-state index contributed by atoms with van der Waals surface area (Å²) in [5.74, 6) is 0.799. The van der Waals surface area contributed by atoms with Gasteiger partial charge in [-0.2, -0.15) is 0 Å². The molecule has 3 N–H and O–H groups in total. The van der Waals surface area contributed by atoms with E-state index in [4.69, 9.17) is 21.7 Å². The van der Waals surface area contributed by atoms with Gasteiger partial charge in [0, 0.05) is 32.2 Å². The lowest BCUT2D eigenvalue weighted by Crippen LogP contribution is -2.44. The lowest BCUT2D eigenvalue weighted by Gasteiger charge is -2.26. The topological polar surface area (TPSA) is 57.8 Å². The van der Waals surface area contributed by atoms with Gasteiger partial charge >= 0.3 is 0 Å². The Balaban J connectivity index is 1.62. The lowest BCUT2D eigenvalue weighted by atomic mass is 10.3. The molecular formula is C14H22N4O2S. The number of benzene rings is 1. The molecule has 0 aromatic heterocycles. The molecule has 7 heteroatoms. The Hall–Kier alpha value is -1.57. The van der Waals surface area contributed by atoms with E-state index in [9.17, 15) is 0 Å². The Labute approximate surface area is 130 Å². The number of hydrogen-bond acceptors (Lipinski definition) is 5. The number of nitrogens with one attached hydrogen (secondary N) is 3. The molecule has 21 heavy (non-hydrogen) atoms. The number of methoxy groups -OCH3 is 1. The van der Waals surface area contributed by atoms with E-state index in [2.05, 4.69) is 21.1 Å². The van der Waals surface area contributed by atoms with Gasteiger partial charge in [0.15, 0.2) is 5.11 Å². The van der Waals surface area contributed by atoms with Crippen molar-refractivity contribution in [1.29, 1.82) is 0 Å². The molecule has 0 bridgehead atoms. The second-order valence-electron chi connectivity index (χ2n) is 4.69. The van der Waals surface area contributed by atoms with Crippen LogP contribution < -0.4 is 20.9 Å². The molecule has 1 aliphatic heterocycles. The number of ether oxygens (including phenoxy) is 2. The highest BCUT2D eigenvalue weighted by atomic mass is 32.1. The van der Waals surface area contributed by atoms with Crippen LogP contribution in [0.5, 0.6) is 5.75 Å². The van der Waals surface area contributed by atoms with Gasteiger partial charge in [0.05, 0.1) is 26.0 Å². The van der Waals surface area contributed by atoms with Crippen LogP contribution in [-0.4, -0.2) is 56.5 Å². The molecule has 1 saturated heterocycles. The third kappa shape index (κ3) is 5.74. The van der Waals surface area contributed by atoms with Crippen molar-refractivity contribution in [3.63, 3.8) is 0 Å². The minimum absolute atomic E-state index is 0.575. The highest BCUT2D eigenvalue weighted by Gasteiger charge is 2.09. The van der Waals surface area contributed by atoms with Gasteiger partial charge in [-0.3, -0.25) is 15.8 Å². The third-order valence-electron chi connectivity index (χ3n) is 3.21. The van der Waals surface area contributed by atoms with Gasteiger partial charge in [0.25, 0.3) is 0 Å². The van der Waals surface area contributed by atoms with E-state index in [1.54, 1.807) is 7.11 Å². The Morgan fingerprint density at radius 3 is 2.95 bits per heavy atom. The van der Waals surface area contributed by atoms with Crippen molar-refractivity contribution in [1.82, 2.24) is 15.6 Å². The SMILES string of the molecule is COc1cccc(NNC(=S)NCCN2CCOCC2)c1. The van der Waals surface area contributed by atoms with Crippen LogP contribution in [0.1, 0.15) is 0 Å². The van der Waals surface area contributed by atoms with Crippen LogP contribution in [-0.2, 0) is 4.74 Å². The molecule has 1 heterocycles. The van der Waals surface area contributed by atoms with E-state index in [1.807, 2.05) is 24.3 Å². The molecule has 0 saturated carbocycles. The number of hydrazine groups is 1. The van der Waals surface area contributed by atoms with Gasteiger partial charge in [-0.05, 0) is 24.4 Å². The van der Waals surface area contributed by atoms with Crippen LogP contribution in [0.3, 0.4) is 0 Å². The van der Waals surface area contributed by atoms with Gasteiger partial charge in [-0.1, -0.05) is 6.07 Å². The van der Waals surface area contributed by atoms with Gasteiger partial charge < -0.3 is 14.8 Å². The lowest BCUT2D eigenvalue weighted by molar-refractivity contribution is 0.0389. The molecule has 0 spiro atoms. The fourth-order valence-corrected chi connectivity index (χ4v) is 2.18. The zero-order valence-corrected chi connectivity index (χ0v) is 13.0. The van der Waals surface area contributed by atoms with Crippen LogP contribution >= 0.6 is 12.2 Å². The summed E-state index contributed by atoms with van der Waals surface area (Å²) in [6.45, 7) is 5.39. The first-order valence-electron chi connectivity index (χ1n) is 7.02. The summed E-state index contributed by atoms with van der Waals surface area (Å²) in [6, 6.07) is 7.64. The van der Waals surface area contributed by atoms with E-state index < -0.39 is 0 Å². The first-order valence-corrected chi connectivity index (χ1v) is 7.43. The van der Waals surface area contributed by atoms with Crippen LogP contribution in [0.2, 0.25) is 0 Å². The van der Waals surface area contributed by atoms with Crippen LogP contribution in [0.25, 0.3) is 0 Å². The van der Waals surface area contributed by atoms with E-state index >= 15 is 0 Å². The Bertz CT molecular complexity index is 452. The van der Waals surface area contributed by atoms with E-state index in [0.717, 1.165) is 50.8 Å². The molecule has 0 radical (unpaired) electrons. The molecule has 1 aromatic carbocycles. The van der Waals surface area contributed by atoms with Crippen molar-refractivity contribution >= 4 is 23.0 Å². The monoisotopic (exact) mass is 310 g/mol. The Kier molecular flexibility index (Phi) is 6.52. The third-order valence-corrected chi connectivity index (χ3v) is 3.45. The van der Waals surface area contributed by atoms with Crippen molar-refractivity contribution in [3.8, 4) is 5.75 Å². The quantitative estimate of drug-likeness (QED) is 0.531. The molecule has 0 unspecified atom stereocenters. The van der Waals surface area contributed by atoms with E-state index in [1.165, 1.54) is 0 Å². The van der Waals surface area contributed by atoms with Gasteiger partial charge in [0.1, 0.15) is 5.75 Å². The van der Waals surface area contributed by atoms with Gasteiger partial charge in [-0.25, -0.2) is 0 Å². The molecule has 1 fully saturated rings.